The van der Waals surface area contributed by atoms with E-state index >= 15 is 0 Å². The van der Waals surface area contributed by atoms with E-state index in [9.17, 15) is 14.9 Å². The van der Waals surface area contributed by atoms with E-state index in [-0.39, 0.29) is 11.6 Å². The van der Waals surface area contributed by atoms with E-state index in [4.69, 9.17) is 5.11 Å². The van der Waals surface area contributed by atoms with Crippen molar-refractivity contribution in [3.63, 3.8) is 0 Å². The maximum atomic E-state index is 10.5. The molecular weight excluding hydrogens is 212 g/mol. The highest BCUT2D eigenvalue weighted by atomic mass is 16.6. The van der Waals surface area contributed by atoms with E-state index in [1.54, 1.807) is 12.1 Å². The van der Waals surface area contributed by atoms with Gasteiger partial charge in [-0.15, -0.1) is 0 Å². The molecule has 1 aliphatic rings. The first-order chi connectivity index (χ1) is 7.58. The Hall–Kier alpha value is -2.11. The van der Waals surface area contributed by atoms with Crippen LogP contribution in [0.1, 0.15) is 11.5 Å². The molecule has 6 heteroatoms. The predicted molar refractivity (Wildman–Crippen MR) is 55.4 cm³/mol. The highest BCUT2D eigenvalue weighted by molar-refractivity contribution is 5.66. The minimum Gasteiger partial charge on any atom is -0.465 e. The first-order valence-electron chi connectivity index (χ1n) is 4.80. The highest BCUT2D eigenvalue weighted by Crippen LogP contribution is 2.28. The molecule has 16 heavy (non-hydrogen) atoms. The third-order valence-corrected chi connectivity index (χ3v) is 2.73. The Balaban J connectivity index is 2.02. The van der Waals surface area contributed by atoms with Gasteiger partial charge < -0.3 is 10.0 Å². The number of carbonyl (C=O) groups is 1. The van der Waals surface area contributed by atoms with Gasteiger partial charge in [0.1, 0.15) is 0 Å². The molecular formula is C10H10N2O4. The van der Waals surface area contributed by atoms with Crippen LogP contribution >= 0.6 is 0 Å². The molecule has 6 nitrogen and oxygen atoms in total. The Labute approximate surface area is 91.3 Å². The van der Waals surface area contributed by atoms with E-state index in [0.29, 0.717) is 13.1 Å². The van der Waals surface area contributed by atoms with Crippen molar-refractivity contribution in [3.8, 4) is 0 Å². The van der Waals surface area contributed by atoms with Crippen LogP contribution in [-0.2, 0) is 0 Å². The summed E-state index contributed by atoms with van der Waals surface area (Å²) in [6.07, 6.45) is -0.918. The summed E-state index contributed by atoms with van der Waals surface area (Å²) >= 11 is 0. The molecule has 1 saturated heterocycles. The van der Waals surface area contributed by atoms with Gasteiger partial charge in [0, 0.05) is 31.1 Å². The van der Waals surface area contributed by atoms with Gasteiger partial charge in [0.05, 0.1) is 4.92 Å². The number of hydrogen-bond donors (Lipinski definition) is 1. The van der Waals surface area contributed by atoms with Gasteiger partial charge in [0.25, 0.3) is 5.69 Å². The van der Waals surface area contributed by atoms with Gasteiger partial charge in [-0.05, 0) is 5.56 Å². The molecule has 0 atom stereocenters. The van der Waals surface area contributed by atoms with Crippen molar-refractivity contribution >= 4 is 11.8 Å². The molecule has 0 bridgehead atoms. The van der Waals surface area contributed by atoms with Gasteiger partial charge in [-0.1, -0.05) is 12.1 Å². The normalized spacial score (nSPS) is 15.6. The van der Waals surface area contributed by atoms with Crippen molar-refractivity contribution in [2.24, 2.45) is 0 Å². The molecule has 1 N–H and O–H groups in total. The standard InChI is InChI=1S/C10H10N2O4/c13-10(14)11-5-8(6-11)7-1-3-9(4-2-7)12(15)16/h1-4,8H,5-6H2,(H,13,14). The van der Waals surface area contributed by atoms with Gasteiger partial charge in [-0.25, -0.2) is 4.79 Å². The van der Waals surface area contributed by atoms with Crippen molar-refractivity contribution in [3.05, 3.63) is 39.9 Å². The van der Waals surface area contributed by atoms with Crippen LogP contribution in [0.4, 0.5) is 10.5 Å². The molecule has 0 spiro atoms. The molecule has 1 heterocycles. The zero-order valence-corrected chi connectivity index (χ0v) is 8.37. The summed E-state index contributed by atoms with van der Waals surface area (Å²) in [7, 11) is 0. The third-order valence-electron chi connectivity index (χ3n) is 2.73. The minimum atomic E-state index is -0.918. The smallest absolute Gasteiger partial charge is 0.407 e. The molecule has 1 aromatic rings. The number of nitrogens with zero attached hydrogens (tertiary/aromatic N) is 2. The Bertz CT molecular complexity index is 423. The summed E-state index contributed by atoms with van der Waals surface area (Å²) in [6.45, 7) is 0.931. The molecule has 1 fully saturated rings. The molecule has 0 saturated carbocycles. The number of likely N-dealkylation sites (tertiary alicyclic amines) is 1. The molecule has 84 valence electrons. The highest BCUT2D eigenvalue weighted by Gasteiger charge is 2.31. The molecule has 0 unspecified atom stereocenters. The SMILES string of the molecule is O=C(O)N1CC(c2ccc([N+](=O)[O-])cc2)C1. The molecule has 1 amide bonds. The fraction of sp³-hybridized carbons (Fsp3) is 0.300. The third kappa shape index (κ3) is 1.81. The van der Waals surface area contributed by atoms with Crippen LogP contribution in [0, 0.1) is 10.1 Å². The van der Waals surface area contributed by atoms with Crippen LogP contribution in [0.2, 0.25) is 0 Å². The molecule has 1 aliphatic heterocycles. The van der Waals surface area contributed by atoms with Crippen molar-refractivity contribution in [2.75, 3.05) is 13.1 Å². The van der Waals surface area contributed by atoms with Crippen LogP contribution in [0.25, 0.3) is 0 Å². The summed E-state index contributed by atoms with van der Waals surface area (Å²) in [6, 6.07) is 6.25. The van der Waals surface area contributed by atoms with E-state index < -0.39 is 11.0 Å². The maximum Gasteiger partial charge on any atom is 0.407 e. The molecule has 1 aromatic carbocycles. The zero-order chi connectivity index (χ0) is 11.7. The predicted octanol–water partition coefficient (Wildman–Crippen LogP) is 1.67. The zero-order valence-electron chi connectivity index (χ0n) is 8.37. The maximum absolute atomic E-state index is 10.5. The van der Waals surface area contributed by atoms with Crippen molar-refractivity contribution in [1.82, 2.24) is 4.90 Å². The quantitative estimate of drug-likeness (QED) is 0.609. The first kappa shape index (κ1) is 10.4. The molecule has 2 rings (SSSR count). The van der Waals surface area contributed by atoms with Gasteiger partial charge in [0.15, 0.2) is 0 Å². The lowest BCUT2D eigenvalue weighted by Crippen LogP contribution is -2.47. The van der Waals surface area contributed by atoms with Crippen LogP contribution in [-0.4, -0.2) is 34.1 Å². The Kier molecular flexibility index (Phi) is 2.47. The average Bonchev–Trinajstić information content (AvgIpc) is 2.15. The fourth-order valence-electron chi connectivity index (χ4n) is 1.71. The number of carboxylic acid groups (broad SMARTS) is 1. The summed E-state index contributed by atoms with van der Waals surface area (Å²) in [5, 5.41) is 19.1. The first-order valence-corrected chi connectivity index (χ1v) is 4.80. The number of nitro groups is 1. The van der Waals surface area contributed by atoms with Gasteiger partial charge in [-0.3, -0.25) is 10.1 Å². The number of hydrogen-bond acceptors (Lipinski definition) is 3. The second kappa shape index (κ2) is 3.80. The largest absolute Gasteiger partial charge is 0.465 e. The van der Waals surface area contributed by atoms with E-state index in [1.807, 2.05) is 0 Å². The lowest BCUT2D eigenvalue weighted by molar-refractivity contribution is -0.384. The van der Waals surface area contributed by atoms with Gasteiger partial charge >= 0.3 is 6.09 Å². The van der Waals surface area contributed by atoms with E-state index in [2.05, 4.69) is 0 Å². The lowest BCUT2D eigenvalue weighted by Gasteiger charge is -2.37. The van der Waals surface area contributed by atoms with Gasteiger partial charge in [-0.2, -0.15) is 0 Å². The lowest BCUT2D eigenvalue weighted by atomic mass is 9.92. The van der Waals surface area contributed by atoms with Crippen LogP contribution in [0.15, 0.2) is 24.3 Å². The molecule has 0 aromatic heterocycles. The Morgan fingerprint density at radius 1 is 1.38 bits per heavy atom. The minimum absolute atomic E-state index is 0.0539. The van der Waals surface area contributed by atoms with E-state index in [1.165, 1.54) is 17.0 Å². The van der Waals surface area contributed by atoms with Gasteiger partial charge in [0.2, 0.25) is 0 Å². The number of amides is 1. The van der Waals surface area contributed by atoms with Crippen molar-refractivity contribution in [2.45, 2.75) is 5.92 Å². The fourth-order valence-corrected chi connectivity index (χ4v) is 1.71. The van der Waals surface area contributed by atoms with Crippen molar-refractivity contribution < 1.29 is 14.8 Å². The Morgan fingerprint density at radius 2 is 1.94 bits per heavy atom. The monoisotopic (exact) mass is 222 g/mol. The second-order valence-electron chi connectivity index (χ2n) is 3.73. The van der Waals surface area contributed by atoms with E-state index in [0.717, 1.165) is 5.56 Å². The average molecular weight is 222 g/mol. The summed E-state index contributed by atoms with van der Waals surface area (Å²) in [5.41, 5.74) is 1.00. The Morgan fingerprint density at radius 3 is 2.38 bits per heavy atom. The molecule has 0 aliphatic carbocycles. The van der Waals surface area contributed by atoms with Crippen LogP contribution in [0.5, 0.6) is 0 Å². The van der Waals surface area contributed by atoms with Crippen LogP contribution < -0.4 is 0 Å². The number of rotatable bonds is 2. The number of non-ortho nitro benzene ring substituents is 1. The second-order valence-corrected chi connectivity index (χ2v) is 3.73. The summed E-state index contributed by atoms with van der Waals surface area (Å²) in [4.78, 5) is 21.8. The molecule has 0 radical (unpaired) electrons. The summed E-state index contributed by atoms with van der Waals surface area (Å²) < 4.78 is 0. The summed E-state index contributed by atoms with van der Waals surface area (Å²) in [5.74, 6) is 0.164. The van der Waals surface area contributed by atoms with Crippen molar-refractivity contribution in [1.29, 1.82) is 0 Å². The number of nitro benzene ring substituents is 1. The van der Waals surface area contributed by atoms with Crippen LogP contribution in [0.3, 0.4) is 0 Å². The number of benzene rings is 1. The topological polar surface area (TPSA) is 83.7 Å².